The molecule has 0 bridgehead atoms. The monoisotopic (exact) mass is 424 g/mol. The second kappa shape index (κ2) is 7.78. The van der Waals surface area contributed by atoms with E-state index in [0.29, 0.717) is 5.69 Å². The van der Waals surface area contributed by atoms with Crippen LogP contribution in [0.4, 0.5) is 13.2 Å². The lowest BCUT2D eigenvalue weighted by molar-refractivity contribution is -0.147. The zero-order valence-electron chi connectivity index (χ0n) is 16.1. The Morgan fingerprint density at radius 3 is 2.66 bits per heavy atom. The van der Waals surface area contributed by atoms with Crippen LogP contribution in [0.3, 0.4) is 0 Å². The molecule has 0 unspecified atom stereocenters. The lowest BCUT2D eigenvalue weighted by Gasteiger charge is -2.12. The summed E-state index contributed by atoms with van der Waals surface area (Å²) in [4.78, 5) is 20.8. The van der Waals surface area contributed by atoms with Gasteiger partial charge in [-0.1, -0.05) is 49.7 Å². The minimum Gasteiger partial charge on any atom is -0.461 e. The van der Waals surface area contributed by atoms with Crippen molar-refractivity contribution in [3.8, 4) is 11.3 Å². The summed E-state index contributed by atoms with van der Waals surface area (Å²) in [6.45, 7) is 5.36. The Balaban J connectivity index is 1.70. The predicted octanol–water partition coefficient (Wildman–Crippen LogP) is 5.45. The summed E-state index contributed by atoms with van der Waals surface area (Å²) in [5.74, 6) is -1.81. The van der Waals surface area contributed by atoms with Crippen molar-refractivity contribution in [2.75, 3.05) is 0 Å². The summed E-state index contributed by atoms with van der Waals surface area (Å²) in [5, 5.41) is -1.21. The van der Waals surface area contributed by atoms with E-state index < -0.39 is 34.4 Å². The van der Waals surface area contributed by atoms with Gasteiger partial charge in [0.25, 0.3) is 0 Å². The number of nitrogens with zero attached hydrogens (tertiary/aromatic N) is 2. The molecule has 0 amide bonds. The van der Waals surface area contributed by atoms with Gasteiger partial charge in [0.1, 0.15) is 11.6 Å². The summed E-state index contributed by atoms with van der Waals surface area (Å²) in [6, 6.07) is 5.56. The Morgan fingerprint density at radius 2 is 2.03 bits per heavy atom. The van der Waals surface area contributed by atoms with Gasteiger partial charge in [-0.2, -0.15) is 13.2 Å². The van der Waals surface area contributed by atoms with E-state index in [1.807, 2.05) is 25.1 Å². The molecule has 3 rings (SSSR count). The fourth-order valence-corrected chi connectivity index (χ4v) is 3.62. The van der Waals surface area contributed by atoms with E-state index in [1.165, 1.54) is 0 Å². The maximum absolute atomic E-state index is 12.7. The summed E-state index contributed by atoms with van der Waals surface area (Å²) in [6.07, 6.45) is 1.11. The van der Waals surface area contributed by atoms with Crippen LogP contribution >= 0.6 is 11.6 Å². The van der Waals surface area contributed by atoms with Crippen LogP contribution in [0, 0.1) is 24.2 Å². The van der Waals surface area contributed by atoms with Crippen molar-refractivity contribution in [2.24, 2.45) is 17.3 Å². The standard InChI is InChI=1S/C21H20ClF3N2O2/c1-12-13(5-4-6-14(12)16-10-26-7-8-27-16)11-29-19(28)18-15(20(18,2)3)9-17(22)21(23,24)25/h4-10,15,18H,11H2,1-3H3/t15-,18-/m0/s1. The third-order valence-electron chi connectivity index (χ3n) is 5.42. The van der Waals surface area contributed by atoms with E-state index in [2.05, 4.69) is 9.97 Å². The third-order valence-corrected chi connectivity index (χ3v) is 5.76. The van der Waals surface area contributed by atoms with Crippen LogP contribution in [0.2, 0.25) is 0 Å². The fraction of sp³-hybridized carbons (Fsp3) is 0.381. The lowest BCUT2D eigenvalue weighted by Crippen LogP contribution is -2.11. The first-order chi connectivity index (χ1) is 13.5. The number of hydrogen-bond donors (Lipinski definition) is 0. The topological polar surface area (TPSA) is 52.1 Å². The Hall–Kier alpha value is -2.41. The Morgan fingerprint density at radius 1 is 1.31 bits per heavy atom. The highest BCUT2D eigenvalue weighted by Crippen LogP contribution is 2.60. The van der Waals surface area contributed by atoms with Crippen molar-refractivity contribution in [1.82, 2.24) is 9.97 Å². The van der Waals surface area contributed by atoms with E-state index >= 15 is 0 Å². The van der Waals surface area contributed by atoms with Gasteiger partial charge in [0.15, 0.2) is 0 Å². The Kier molecular flexibility index (Phi) is 5.72. The smallest absolute Gasteiger partial charge is 0.426 e. The number of halogens is 4. The molecule has 2 atom stereocenters. The molecule has 0 saturated heterocycles. The van der Waals surface area contributed by atoms with Gasteiger partial charge < -0.3 is 4.74 Å². The molecule has 0 spiro atoms. The second-order valence-electron chi connectivity index (χ2n) is 7.63. The predicted molar refractivity (Wildman–Crippen MR) is 103 cm³/mol. The SMILES string of the molecule is Cc1c(COC(=O)[C@@H]2[C@H](C=C(Cl)C(F)(F)F)C2(C)C)cccc1-c1cnccn1. The Bertz CT molecular complexity index is 943. The zero-order valence-corrected chi connectivity index (χ0v) is 16.9. The highest BCUT2D eigenvalue weighted by molar-refractivity contribution is 6.30. The van der Waals surface area contributed by atoms with Crippen molar-refractivity contribution in [2.45, 2.75) is 33.6 Å². The van der Waals surface area contributed by atoms with Gasteiger partial charge in [0.05, 0.1) is 17.8 Å². The molecule has 1 aromatic heterocycles. The highest BCUT2D eigenvalue weighted by Gasteiger charge is 2.62. The van der Waals surface area contributed by atoms with Crippen LogP contribution in [-0.2, 0) is 16.1 Å². The van der Waals surface area contributed by atoms with Crippen LogP contribution in [-0.4, -0.2) is 22.1 Å². The maximum atomic E-state index is 12.7. The van der Waals surface area contributed by atoms with Crippen molar-refractivity contribution in [1.29, 1.82) is 0 Å². The summed E-state index contributed by atoms with van der Waals surface area (Å²) < 4.78 is 43.5. The van der Waals surface area contributed by atoms with Crippen molar-refractivity contribution in [3.63, 3.8) is 0 Å². The van der Waals surface area contributed by atoms with Gasteiger partial charge in [-0.15, -0.1) is 0 Å². The largest absolute Gasteiger partial charge is 0.461 e. The van der Waals surface area contributed by atoms with Gasteiger partial charge in [-0.05, 0) is 29.4 Å². The number of aromatic nitrogens is 2. The normalized spacial score (nSPS) is 21.0. The molecule has 0 N–H and O–H groups in total. The zero-order chi connectivity index (χ0) is 21.4. The third kappa shape index (κ3) is 4.45. The minimum absolute atomic E-state index is 0.0226. The molecule has 29 heavy (non-hydrogen) atoms. The van der Waals surface area contributed by atoms with Crippen molar-refractivity contribution < 1.29 is 22.7 Å². The number of ether oxygens (including phenoxy) is 1. The first-order valence-corrected chi connectivity index (χ1v) is 9.37. The fourth-order valence-electron chi connectivity index (χ4n) is 3.49. The molecule has 0 radical (unpaired) electrons. The second-order valence-corrected chi connectivity index (χ2v) is 8.03. The van der Waals surface area contributed by atoms with E-state index in [1.54, 1.807) is 32.4 Å². The molecule has 154 valence electrons. The molecule has 1 aliphatic carbocycles. The van der Waals surface area contributed by atoms with Gasteiger partial charge in [-0.25, -0.2) is 0 Å². The molecule has 0 aliphatic heterocycles. The summed E-state index contributed by atoms with van der Waals surface area (Å²) in [7, 11) is 0. The van der Waals surface area contributed by atoms with Crippen LogP contribution in [0.25, 0.3) is 11.3 Å². The number of carbonyl (C=O) groups excluding carboxylic acids is 1. The number of hydrogen-bond acceptors (Lipinski definition) is 4. The number of benzene rings is 1. The number of allylic oxidation sites excluding steroid dienone is 2. The highest BCUT2D eigenvalue weighted by atomic mass is 35.5. The molecular weight excluding hydrogens is 405 g/mol. The van der Waals surface area contributed by atoms with Crippen LogP contribution < -0.4 is 0 Å². The number of carbonyl (C=O) groups is 1. The minimum atomic E-state index is -4.62. The molecule has 2 aromatic rings. The van der Waals surface area contributed by atoms with Crippen LogP contribution in [0.1, 0.15) is 25.0 Å². The molecule has 1 fully saturated rings. The maximum Gasteiger partial charge on any atom is 0.426 e. The first-order valence-electron chi connectivity index (χ1n) is 8.99. The summed E-state index contributed by atoms with van der Waals surface area (Å²) in [5.41, 5.74) is 2.62. The average Bonchev–Trinajstić information content (AvgIpc) is 3.20. The van der Waals surface area contributed by atoms with Crippen LogP contribution in [0.15, 0.2) is 47.9 Å². The molecule has 1 aromatic carbocycles. The number of rotatable bonds is 5. The van der Waals surface area contributed by atoms with Crippen molar-refractivity contribution in [3.05, 3.63) is 59.0 Å². The van der Waals surface area contributed by atoms with E-state index in [0.717, 1.165) is 22.8 Å². The molecule has 1 saturated carbocycles. The van der Waals surface area contributed by atoms with E-state index in [4.69, 9.17) is 16.3 Å². The molecule has 1 aliphatic rings. The molecule has 8 heteroatoms. The quantitative estimate of drug-likeness (QED) is 0.599. The average molecular weight is 425 g/mol. The molecule has 1 heterocycles. The lowest BCUT2D eigenvalue weighted by atomic mass is 10.0. The van der Waals surface area contributed by atoms with Gasteiger partial charge in [0.2, 0.25) is 0 Å². The summed E-state index contributed by atoms with van der Waals surface area (Å²) >= 11 is 5.33. The van der Waals surface area contributed by atoms with Gasteiger partial charge in [-0.3, -0.25) is 14.8 Å². The van der Waals surface area contributed by atoms with Crippen molar-refractivity contribution >= 4 is 17.6 Å². The molecule has 4 nitrogen and oxygen atoms in total. The van der Waals surface area contributed by atoms with E-state index in [-0.39, 0.29) is 6.61 Å². The van der Waals surface area contributed by atoms with Gasteiger partial charge in [0, 0.05) is 18.0 Å². The van der Waals surface area contributed by atoms with Crippen LogP contribution in [0.5, 0.6) is 0 Å². The van der Waals surface area contributed by atoms with Gasteiger partial charge >= 0.3 is 12.1 Å². The Labute approximate surface area is 171 Å². The number of esters is 1. The first kappa shape index (κ1) is 21.3. The molecular formula is C21H20ClF3N2O2. The van der Waals surface area contributed by atoms with E-state index in [9.17, 15) is 18.0 Å². The number of alkyl halides is 3.